The van der Waals surface area contributed by atoms with Crippen LogP contribution in [-0.4, -0.2) is 52.0 Å². The Morgan fingerprint density at radius 3 is 2.19 bits per heavy atom. The van der Waals surface area contributed by atoms with Crippen LogP contribution >= 0.6 is 0 Å². The number of sulfonamides is 1. The van der Waals surface area contributed by atoms with Crippen LogP contribution in [0, 0.1) is 0 Å². The van der Waals surface area contributed by atoms with Gasteiger partial charge in [-0.25, -0.2) is 17.5 Å². The van der Waals surface area contributed by atoms with Crippen molar-refractivity contribution in [2.45, 2.75) is 58.4 Å². The number of carbonyl (C=O) groups is 1. The molecule has 1 aliphatic heterocycles. The summed E-state index contributed by atoms with van der Waals surface area (Å²) < 4.78 is 37.0. The Balaban J connectivity index is 1.23. The molecular formula is C31H37N5O6S. The van der Waals surface area contributed by atoms with Crippen molar-refractivity contribution in [3.05, 3.63) is 87.2 Å². The van der Waals surface area contributed by atoms with Gasteiger partial charge in [-0.1, -0.05) is 26.0 Å². The number of carbonyl (C=O) groups excluding carboxylic acids is 1. The zero-order valence-electron chi connectivity index (χ0n) is 24.5. The molecular weight excluding hydrogens is 570 g/mol. The molecule has 1 fully saturated rings. The molecule has 228 valence electrons. The average Bonchev–Trinajstić information content (AvgIpc) is 3.70. The second-order valence-corrected chi connectivity index (χ2v) is 12.7. The Labute approximate surface area is 250 Å². The maximum absolute atomic E-state index is 13.3. The summed E-state index contributed by atoms with van der Waals surface area (Å²) in [6.07, 6.45) is 5.00. The third-order valence-electron chi connectivity index (χ3n) is 7.49. The van der Waals surface area contributed by atoms with Gasteiger partial charge in [-0.05, 0) is 73.7 Å². The highest BCUT2D eigenvalue weighted by molar-refractivity contribution is 7.88. The van der Waals surface area contributed by atoms with Crippen molar-refractivity contribution in [2.75, 3.05) is 25.0 Å². The van der Waals surface area contributed by atoms with Gasteiger partial charge in [-0.3, -0.25) is 18.7 Å². The number of amides is 1. The number of aryl methyl sites for hydroxylation is 1. The molecule has 1 aliphatic rings. The summed E-state index contributed by atoms with van der Waals surface area (Å²) in [6.45, 7) is 5.72. The predicted molar refractivity (Wildman–Crippen MR) is 166 cm³/mol. The van der Waals surface area contributed by atoms with Crippen LogP contribution in [0.1, 0.15) is 45.1 Å². The Morgan fingerprint density at radius 2 is 1.53 bits per heavy atom. The van der Waals surface area contributed by atoms with Crippen molar-refractivity contribution < 1.29 is 17.9 Å². The van der Waals surface area contributed by atoms with Crippen molar-refractivity contribution in [1.29, 1.82) is 0 Å². The number of nitrogens with one attached hydrogen (secondary N) is 1. The minimum Gasteiger partial charge on any atom is -0.484 e. The zero-order valence-corrected chi connectivity index (χ0v) is 25.3. The lowest BCUT2D eigenvalue weighted by Crippen LogP contribution is -2.40. The molecule has 0 aliphatic carbocycles. The SMILES string of the molecule is CCCn1c(=O)c2c(ccn2-c2ccc(OCC(=O)Nc3ccc(CS(=O)(=O)N4CCCC4)cc3)cc2)n(CCC)c1=O. The molecule has 0 bridgehead atoms. The van der Waals surface area contributed by atoms with Crippen LogP contribution in [0.3, 0.4) is 0 Å². The molecule has 2 aromatic carbocycles. The van der Waals surface area contributed by atoms with Crippen molar-refractivity contribution in [1.82, 2.24) is 18.0 Å². The molecule has 0 spiro atoms. The predicted octanol–water partition coefficient (Wildman–Crippen LogP) is 3.72. The van der Waals surface area contributed by atoms with Crippen LogP contribution in [0.4, 0.5) is 5.69 Å². The Bertz CT molecular complexity index is 1820. The number of ether oxygens (including phenoxy) is 1. The van der Waals surface area contributed by atoms with Crippen molar-refractivity contribution >= 4 is 32.7 Å². The maximum Gasteiger partial charge on any atom is 0.331 e. The molecule has 12 heteroatoms. The normalized spacial score (nSPS) is 13.9. The average molecular weight is 608 g/mol. The number of rotatable bonds is 12. The summed E-state index contributed by atoms with van der Waals surface area (Å²) in [5.74, 6) is 0.0549. The number of fused-ring (bicyclic) bond motifs is 1. The first-order chi connectivity index (χ1) is 20.7. The summed E-state index contributed by atoms with van der Waals surface area (Å²) in [7, 11) is -3.34. The number of aromatic nitrogens is 3. The first kappa shape index (κ1) is 30.3. The molecule has 1 amide bonds. The van der Waals surface area contributed by atoms with Gasteiger partial charge in [0, 0.05) is 43.8 Å². The highest BCUT2D eigenvalue weighted by atomic mass is 32.2. The fourth-order valence-electron chi connectivity index (χ4n) is 5.39. The summed E-state index contributed by atoms with van der Waals surface area (Å²) in [5, 5.41) is 2.76. The summed E-state index contributed by atoms with van der Waals surface area (Å²) in [5.41, 5.74) is 2.35. The highest BCUT2D eigenvalue weighted by Crippen LogP contribution is 2.21. The molecule has 2 aromatic heterocycles. The van der Waals surface area contributed by atoms with Crippen LogP contribution < -0.4 is 21.3 Å². The quantitative estimate of drug-likeness (QED) is 0.262. The first-order valence-electron chi connectivity index (χ1n) is 14.7. The van der Waals surface area contributed by atoms with Crippen LogP contribution in [0.15, 0.2) is 70.4 Å². The molecule has 1 N–H and O–H groups in total. The zero-order chi connectivity index (χ0) is 30.6. The van der Waals surface area contributed by atoms with E-state index in [-0.39, 0.29) is 29.5 Å². The van der Waals surface area contributed by atoms with Crippen molar-refractivity contribution in [2.24, 2.45) is 0 Å². The van der Waals surface area contributed by atoms with E-state index in [9.17, 15) is 22.8 Å². The summed E-state index contributed by atoms with van der Waals surface area (Å²) in [4.78, 5) is 38.8. The molecule has 0 atom stereocenters. The number of nitrogens with zero attached hydrogens (tertiary/aromatic N) is 4. The molecule has 43 heavy (non-hydrogen) atoms. The fraction of sp³-hybridized carbons (Fsp3) is 0.387. The maximum atomic E-state index is 13.3. The van der Waals surface area contributed by atoms with Gasteiger partial charge in [0.15, 0.2) is 6.61 Å². The number of hydrogen-bond acceptors (Lipinski definition) is 6. The molecule has 0 saturated carbocycles. The van der Waals surface area contributed by atoms with Gasteiger partial charge < -0.3 is 14.6 Å². The molecule has 4 aromatic rings. The largest absolute Gasteiger partial charge is 0.484 e. The molecule has 0 radical (unpaired) electrons. The second kappa shape index (κ2) is 13.0. The van der Waals surface area contributed by atoms with E-state index in [1.54, 1.807) is 69.9 Å². The fourth-order valence-corrected chi connectivity index (χ4v) is 7.00. The molecule has 3 heterocycles. The first-order valence-corrected chi connectivity index (χ1v) is 16.3. The second-order valence-electron chi connectivity index (χ2n) is 10.7. The van der Waals surface area contributed by atoms with E-state index in [1.165, 1.54) is 8.87 Å². The third-order valence-corrected chi connectivity index (χ3v) is 9.34. The lowest BCUT2D eigenvalue weighted by atomic mass is 10.2. The number of benzene rings is 2. The topological polar surface area (TPSA) is 125 Å². The molecule has 5 rings (SSSR count). The summed E-state index contributed by atoms with van der Waals surface area (Å²) >= 11 is 0. The molecule has 1 saturated heterocycles. The molecule has 0 unspecified atom stereocenters. The van der Waals surface area contributed by atoms with Crippen LogP contribution in [0.2, 0.25) is 0 Å². The van der Waals surface area contributed by atoms with Gasteiger partial charge in [0.2, 0.25) is 10.0 Å². The summed E-state index contributed by atoms with van der Waals surface area (Å²) in [6, 6.07) is 15.6. The van der Waals surface area contributed by atoms with Gasteiger partial charge in [0.1, 0.15) is 11.3 Å². The van der Waals surface area contributed by atoms with Gasteiger partial charge in [-0.15, -0.1) is 0 Å². The molecule has 11 nitrogen and oxygen atoms in total. The van der Waals surface area contributed by atoms with E-state index in [0.717, 1.165) is 24.9 Å². The van der Waals surface area contributed by atoms with Crippen LogP contribution in [0.5, 0.6) is 5.75 Å². The monoisotopic (exact) mass is 607 g/mol. The van der Waals surface area contributed by atoms with E-state index in [4.69, 9.17) is 4.74 Å². The third kappa shape index (κ3) is 6.60. The lowest BCUT2D eigenvalue weighted by Gasteiger charge is -2.15. The van der Waals surface area contributed by atoms with E-state index in [0.29, 0.717) is 60.6 Å². The van der Waals surface area contributed by atoms with Crippen molar-refractivity contribution in [3.8, 4) is 11.4 Å². The highest BCUT2D eigenvalue weighted by Gasteiger charge is 2.25. The Morgan fingerprint density at radius 1 is 0.884 bits per heavy atom. The van der Waals surface area contributed by atoms with E-state index < -0.39 is 10.0 Å². The smallest absolute Gasteiger partial charge is 0.331 e. The minimum atomic E-state index is -3.34. The van der Waals surface area contributed by atoms with Gasteiger partial charge >= 0.3 is 5.69 Å². The van der Waals surface area contributed by atoms with E-state index in [1.807, 2.05) is 13.8 Å². The number of anilines is 1. The van der Waals surface area contributed by atoms with Crippen molar-refractivity contribution in [3.63, 3.8) is 0 Å². The van der Waals surface area contributed by atoms with Gasteiger partial charge in [0.05, 0.1) is 11.3 Å². The standard InChI is InChI=1S/C31H37N5O6S/c1-3-16-35-27-15-20-34(29(27)30(38)36(17-4-2)31(35)39)25-11-13-26(14-12-25)42-21-28(37)32-24-9-7-23(8-10-24)22-43(40,41)33-18-5-6-19-33/h7-15,20H,3-6,16-19,21-22H2,1-2H3,(H,32,37). The van der Waals surface area contributed by atoms with Crippen LogP contribution in [-0.2, 0) is 33.7 Å². The van der Waals surface area contributed by atoms with Gasteiger partial charge in [0.25, 0.3) is 11.5 Å². The lowest BCUT2D eigenvalue weighted by molar-refractivity contribution is -0.118. The van der Waals surface area contributed by atoms with E-state index >= 15 is 0 Å². The van der Waals surface area contributed by atoms with Gasteiger partial charge in [-0.2, -0.15) is 0 Å². The van der Waals surface area contributed by atoms with Crippen LogP contribution in [0.25, 0.3) is 16.7 Å². The Kier molecular flexibility index (Phi) is 9.16. The Hall–Kier alpha value is -4.16. The van der Waals surface area contributed by atoms with E-state index in [2.05, 4.69) is 5.32 Å². The number of hydrogen-bond donors (Lipinski definition) is 1. The minimum absolute atomic E-state index is 0.0631.